The van der Waals surface area contributed by atoms with E-state index in [1.807, 2.05) is 47.4 Å². The Morgan fingerprint density at radius 2 is 1.74 bits per heavy atom. The lowest BCUT2D eigenvalue weighted by Crippen LogP contribution is -2.67. The minimum Gasteiger partial charge on any atom is -0.312 e. The number of nitrogens with zero attached hydrogens (tertiary/aromatic N) is 3. The minimum absolute atomic E-state index is 0.0238. The van der Waals surface area contributed by atoms with Crippen molar-refractivity contribution in [2.75, 3.05) is 4.90 Å². The largest absolute Gasteiger partial charge is 0.312 e. The number of anilines is 1. The van der Waals surface area contributed by atoms with Crippen molar-refractivity contribution < 1.29 is 4.79 Å². The number of amides is 1. The molecule has 2 heterocycles. The molecule has 3 aliphatic rings. The molecule has 1 saturated carbocycles. The Bertz CT molecular complexity index is 883. The molecule has 1 amide bonds. The van der Waals surface area contributed by atoms with Crippen LogP contribution in [0.2, 0.25) is 0 Å². The number of halogens is 1. The number of carbonyl (C=O) groups excluding carboxylic acids is 1. The molecule has 2 aromatic carbocycles. The Hall–Kier alpha value is -2.34. The van der Waals surface area contributed by atoms with Gasteiger partial charge >= 0.3 is 0 Å². The molecule has 6 heteroatoms. The van der Waals surface area contributed by atoms with E-state index in [-0.39, 0.29) is 24.2 Å². The van der Waals surface area contributed by atoms with Crippen molar-refractivity contribution in [3.8, 4) is 0 Å². The van der Waals surface area contributed by atoms with Gasteiger partial charge in [-0.2, -0.15) is 5.10 Å². The maximum Gasteiger partial charge on any atom is 0.235 e. The van der Waals surface area contributed by atoms with Crippen LogP contribution < -0.4 is 10.3 Å². The molecule has 1 N–H and O–H groups in total. The first kappa shape index (κ1) is 16.8. The van der Waals surface area contributed by atoms with Crippen LogP contribution in [0.25, 0.3) is 0 Å². The molecule has 2 aromatic rings. The van der Waals surface area contributed by atoms with Crippen molar-refractivity contribution in [3.05, 3.63) is 64.6 Å². The van der Waals surface area contributed by atoms with Crippen LogP contribution in [0.15, 0.2) is 64.2 Å². The highest BCUT2D eigenvalue weighted by molar-refractivity contribution is 9.10. The number of rotatable bonds is 2. The zero-order valence-corrected chi connectivity index (χ0v) is 16.5. The topological polar surface area (TPSA) is 47.9 Å². The van der Waals surface area contributed by atoms with Crippen LogP contribution in [0.4, 0.5) is 5.69 Å². The van der Waals surface area contributed by atoms with Gasteiger partial charge in [0.05, 0.1) is 5.92 Å². The van der Waals surface area contributed by atoms with Crippen LogP contribution in [0.5, 0.6) is 0 Å². The molecular weight excluding hydrogens is 404 g/mol. The highest BCUT2D eigenvalue weighted by Crippen LogP contribution is 2.39. The molecule has 5 rings (SSSR count). The quantitative estimate of drug-likeness (QED) is 0.794. The summed E-state index contributed by atoms with van der Waals surface area (Å²) in [7, 11) is 0. The SMILES string of the molecule is O=C1C2CCCCC2N2C(c3ccc(Br)cc3)=NNC2N1c1ccccc1. The van der Waals surface area contributed by atoms with Gasteiger partial charge in [-0.25, -0.2) is 0 Å². The normalized spacial score (nSPS) is 26.9. The Balaban J connectivity index is 1.57. The Kier molecular flexibility index (Phi) is 4.16. The number of hydrazone groups is 1. The number of hydrogen-bond donors (Lipinski definition) is 1. The summed E-state index contributed by atoms with van der Waals surface area (Å²) in [5.41, 5.74) is 5.23. The third-order valence-corrected chi connectivity index (χ3v) is 6.35. The van der Waals surface area contributed by atoms with Crippen molar-refractivity contribution in [2.24, 2.45) is 11.0 Å². The number of nitrogens with one attached hydrogen (secondary N) is 1. The first-order valence-corrected chi connectivity index (χ1v) is 10.3. The van der Waals surface area contributed by atoms with Gasteiger partial charge in [-0.1, -0.05) is 59.1 Å². The average Bonchev–Trinajstić information content (AvgIpc) is 3.14. The summed E-state index contributed by atoms with van der Waals surface area (Å²) >= 11 is 3.50. The van der Waals surface area contributed by atoms with Crippen LogP contribution >= 0.6 is 15.9 Å². The van der Waals surface area contributed by atoms with Crippen LogP contribution in [-0.2, 0) is 4.79 Å². The van der Waals surface area contributed by atoms with Crippen LogP contribution in [0.3, 0.4) is 0 Å². The molecule has 2 fully saturated rings. The van der Waals surface area contributed by atoms with Gasteiger partial charge in [0.2, 0.25) is 12.2 Å². The Morgan fingerprint density at radius 1 is 1.00 bits per heavy atom. The summed E-state index contributed by atoms with van der Waals surface area (Å²) in [5.74, 6) is 1.17. The second-order valence-electron chi connectivity index (χ2n) is 7.35. The van der Waals surface area contributed by atoms with Gasteiger partial charge in [0.25, 0.3) is 0 Å². The summed E-state index contributed by atoms with van der Waals surface area (Å²) < 4.78 is 1.05. The smallest absolute Gasteiger partial charge is 0.235 e. The molecule has 138 valence electrons. The number of hydrogen-bond acceptors (Lipinski definition) is 4. The average molecular weight is 425 g/mol. The van der Waals surface area contributed by atoms with E-state index in [1.165, 1.54) is 0 Å². The number of carbonyl (C=O) groups is 1. The summed E-state index contributed by atoms with van der Waals surface area (Å²) in [4.78, 5) is 17.6. The van der Waals surface area contributed by atoms with E-state index >= 15 is 0 Å². The first-order chi connectivity index (χ1) is 13.2. The molecular formula is C21H21BrN4O. The lowest BCUT2D eigenvalue weighted by atomic mass is 9.80. The minimum atomic E-state index is -0.266. The summed E-state index contributed by atoms with van der Waals surface area (Å²) in [6, 6.07) is 18.4. The van der Waals surface area contributed by atoms with Crippen molar-refractivity contribution >= 4 is 33.4 Å². The van der Waals surface area contributed by atoms with Crippen LogP contribution in [0.1, 0.15) is 31.2 Å². The van der Waals surface area contributed by atoms with Gasteiger partial charge in [-0.3, -0.25) is 15.1 Å². The lowest BCUT2D eigenvalue weighted by Gasteiger charge is -2.50. The highest BCUT2D eigenvalue weighted by atomic mass is 79.9. The molecule has 0 bridgehead atoms. The van der Waals surface area contributed by atoms with Gasteiger partial charge in [0, 0.05) is 21.8 Å². The van der Waals surface area contributed by atoms with E-state index in [2.05, 4.69) is 43.5 Å². The van der Waals surface area contributed by atoms with Gasteiger partial charge in [0.15, 0.2) is 5.84 Å². The molecule has 1 aliphatic carbocycles. The molecule has 5 nitrogen and oxygen atoms in total. The second kappa shape index (κ2) is 6.68. The zero-order valence-electron chi connectivity index (χ0n) is 14.9. The molecule has 1 saturated heterocycles. The highest BCUT2D eigenvalue weighted by Gasteiger charge is 2.51. The van der Waals surface area contributed by atoms with E-state index < -0.39 is 0 Å². The van der Waals surface area contributed by atoms with Crippen molar-refractivity contribution in [1.29, 1.82) is 0 Å². The van der Waals surface area contributed by atoms with Gasteiger partial charge < -0.3 is 4.90 Å². The Morgan fingerprint density at radius 3 is 2.52 bits per heavy atom. The number of para-hydroxylation sites is 1. The van der Waals surface area contributed by atoms with Gasteiger partial charge in [0.1, 0.15) is 0 Å². The fourth-order valence-electron chi connectivity index (χ4n) is 4.58. The van der Waals surface area contributed by atoms with Crippen molar-refractivity contribution in [3.63, 3.8) is 0 Å². The van der Waals surface area contributed by atoms with E-state index in [1.54, 1.807) is 0 Å². The van der Waals surface area contributed by atoms with E-state index in [0.717, 1.165) is 47.2 Å². The van der Waals surface area contributed by atoms with E-state index in [0.29, 0.717) is 0 Å². The van der Waals surface area contributed by atoms with Crippen LogP contribution in [0, 0.1) is 5.92 Å². The standard InChI is InChI=1S/C21H21BrN4O/c22-15-12-10-14(11-13-15)19-23-24-21-25(16-6-2-1-3-7-16)20(27)17-8-4-5-9-18(17)26(19)21/h1-3,6-7,10-13,17-18,21,24H,4-5,8-9H2. The maximum atomic E-state index is 13.4. The fourth-order valence-corrected chi connectivity index (χ4v) is 4.84. The fraction of sp³-hybridized carbons (Fsp3) is 0.333. The summed E-state index contributed by atoms with van der Waals surface area (Å²) in [6.07, 6.45) is 4.00. The molecule has 3 atom stereocenters. The van der Waals surface area contributed by atoms with Gasteiger partial charge in [-0.05, 0) is 37.1 Å². The molecule has 0 aromatic heterocycles. The predicted octanol–water partition coefficient (Wildman–Crippen LogP) is 3.91. The zero-order chi connectivity index (χ0) is 18.4. The van der Waals surface area contributed by atoms with E-state index in [4.69, 9.17) is 0 Å². The summed E-state index contributed by atoms with van der Waals surface area (Å²) in [5, 5.41) is 4.66. The predicted molar refractivity (Wildman–Crippen MR) is 109 cm³/mol. The van der Waals surface area contributed by atoms with Crippen molar-refractivity contribution in [2.45, 2.75) is 38.0 Å². The monoisotopic (exact) mass is 424 g/mol. The Labute approximate surface area is 167 Å². The molecule has 0 spiro atoms. The lowest BCUT2D eigenvalue weighted by molar-refractivity contribution is -0.130. The second-order valence-corrected chi connectivity index (χ2v) is 8.27. The number of benzene rings is 2. The van der Waals surface area contributed by atoms with E-state index in [9.17, 15) is 4.79 Å². The van der Waals surface area contributed by atoms with Crippen molar-refractivity contribution in [1.82, 2.24) is 10.3 Å². The molecule has 3 unspecified atom stereocenters. The van der Waals surface area contributed by atoms with Crippen LogP contribution in [-0.4, -0.2) is 29.0 Å². The third kappa shape index (κ3) is 2.74. The molecule has 27 heavy (non-hydrogen) atoms. The third-order valence-electron chi connectivity index (χ3n) is 5.82. The molecule has 2 aliphatic heterocycles. The first-order valence-electron chi connectivity index (χ1n) is 9.49. The molecule has 0 radical (unpaired) electrons. The van der Waals surface area contributed by atoms with Gasteiger partial charge in [-0.15, -0.1) is 0 Å². The number of amidine groups is 1. The summed E-state index contributed by atoms with van der Waals surface area (Å²) in [6.45, 7) is 0. The number of fused-ring (bicyclic) bond motifs is 3. The maximum absolute atomic E-state index is 13.4.